The van der Waals surface area contributed by atoms with Crippen LogP contribution in [0, 0.1) is 11.8 Å². The minimum absolute atomic E-state index is 0.0843. The molecule has 0 saturated heterocycles. The van der Waals surface area contributed by atoms with Crippen molar-refractivity contribution >= 4 is 23.9 Å². The van der Waals surface area contributed by atoms with E-state index in [9.17, 15) is 19.2 Å². The number of hydrogen-bond acceptors (Lipinski definition) is 6. The van der Waals surface area contributed by atoms with Crippen LogP contribution in [0.15, 0.2) is 24.3 Å². The van der Waals surface area contributed by atoms with Crippen LogP contribution in [0.4, 0.5) is 0 Å². The normalized spacial score (nSPS) is 12.6. The largest absolute Gasteiger partial charge is 0.389 e. The Morgan fingerprint density at radius 1 is 0.583 bits per heavy atom. The van der Waals surface area contributed by atoms with Crippen molar-refractivity contribution < 1.29 is 28.7 Å². The molecular weight excluding hydrogens is 456 g/mol. The fourth-order valence-corrected chi connectivity index (χ4v) is 4.03. The zero-order valence-electron chi connectivity index (χ0n) is 22.8. The van der Waals surface area contributed by atoms with Crippen molar-refractivity contribution in [3.8, 4) is 0 Å². The number of benzene rings is 1. The van der Waals surface area contributed by atoms with E-state index in [1.807, 2.05) is 0 Å². The van der Waals surface area contributed by atoms with Gasteiger partial charge in [-0.2, -0.15) is 0 Å². The van der Waals surface area contributed by atoms with E-state index in [1.165, 1.54) is 50.7 Å². The van der Waals surface area contributed by atoms with Crippen LogP contribution in [0.2, 0.25) is 0 Å². The van der Waals surface area contributed by atoms with Crippen molar-refractivity contribution in [1.29, 1.82) is 0 Å². The van der Waals surface area contributed by atoms with Crippen LogP contribution in [-0.2, 0) is 19.1 Å². The average Bonchev–Trinajstić information content (AvgIpc) is 2.87. The number of carbonyl (C=O) groups is 4. The molecule has 0 aromatic heterocycles. The average molecular weight is 503 g/mol. The number of ether oxygens (including phenoxy) is 2. The number of unbranched alkanes of at least 4 members (excludes halogenated alkanes) is 10. The van der Waals surface area contributed by atoms with Gasteiger partial charge in [0, 0.05) is 0 Å². The van der Waals surface area contributed by atoms with Crippen LogP contribution in [0.25, 0.3) is 0 Å². The molecule has 0 spiro atoms. The molecule has 0 bridgehead atoms. The third kappa shape index (κ3) is 12.5. The van der Waals surface area contributed by atoms with Crippen LogP contribution in [0.3, 0.4) is 0 Å². The summed E-state index contributed by atoms with van der Waals surface area (Å²) in [5, 5.41) is 0. The first-order valence-electron chi connectivity index (χ1n) is 13.9. The second-order valence-electron chi connectivity index (χ2n) is 9.88. The maximum Gasteiger partial charge on any atom is 0.346 e. The molecular formula is C30H46O6. The predicted octanol–water partition coefficient (Wildman–Crippen LogP) is 7.83. The molecule has 0 heterocycles. The summed E-state index contributed by atoms with van der Waals surface area (Å²) in [6.07, 6.45) is 14.7. The van der Waals surface area contributed by atoms with E-state index < -0.39 is 35.7 Å². The number of rotatable bonds is 18. The van der Waals surface area contributed by atoms with Crippen molar-refractivity contribution in [1.82, 2.24) is 0 Å². The zero-order chi connectivity index (χ0) is 26.8. The Morgan fingerprint density at radius 3 is 1.28 bits per heavy atom. The molecule has 0 aliphatic rings. The highest BCUT2D eigenvalue weighted by Gasteiger charge is 2.26. The lowest BCUT2D eigenvalue weighted by Gasteiger charge is -2.13. The Kier molecular flexibility index (Phi) is 16.4. The summed E-state index contributed by atoms with van der Waals surface area (Å²) in [7, 11) is 0. The summed E-state index contributed by atoms with van der Waals surface area (Å²) >= 11 is 0. The van der Waals surface area contributed by atoms with Gasteiger partial charge in [-0.25, -0.2) is 9.59 Å². The third-order valence-electron chi connectivity index (χ3n) is 6.54. The fourth-order valence-electron chi connectivity index (χ4n) is 4.03. The van der Waals surface area contributed by atoms with E-state index in [0.717, 1.165) is 38.5 Å². The molecule has 2 atom stereocenters. The molecule has 0 amide bonds. The number of carbonyl (C=O) groups excluding carboxylic acids is 4. The Labute approximate surface area is 217 Å². The SMILES string of the molecule is CCCCCCCCC(C)C(=O)OC(=O)c1ccccc1C(=O)OC(=O)C(C)CCCCCCCC. The Bertz CT molecular complexity index is 748. The monoisotopic (exact) mass is 502 g/mol. The summed E-state index contributed by atoms with van der Waals surface area (Å²) in [4.78, 5) is 50.2. The lowest BCUT2D eigenvalue weighted by molar-refractivity contribution is -0.143. The van der Waals surface area contributed by atoms with Crippen LogP contribution < -0.4 is 0 Å². The lowest BCUT2D eigenvalue weighted by Crippen LogP contribution is -2.23. The van der Waals surface area contributed by atoms with E-state index >= 15 is 0 Å². The molecule has 6 heteroatoms. The molecule has 0 radical (unpaired) electrons. The predicted molar refractivity (Wildman–Crippen MR) is 142 cm³/mol. The van der Waals surface area contributed by atoms with E-state index in [4.69, 9.17) is 9.47 Å². The van der Waals surface area contributed by atoms with Crippen molar-refractivity contribution in [3.05, 3.63) is 35.4 Å². The van der Waals surface area contributed by atoms with E-state index in [0.29, 0.717) is 12.8 Å². The molecule has 0 aliphatic heterocycles. The van der Waals surface area contributed by atoms with Gasteiger partial charge in [0.2, 0.25) is 0 Å². The first-order chi connectivity index (χ1) is 17.3. The molecule has 0 N–H and O–H groups in total. The van der Waals surface area contributed by atoms with Gasteiger partial charge in [0.1, 0.15) is 0 Å². The topological polar surface area (TPSA) is 86.7 Å². The summed E-state index contributed by atoms with van der Waals surface area (Å²) in [6, 6.07) is 5.94. The Hall–Kier alpha value is -2.50. The van der Waals surface area contributed by atoms with Crippen LogP contribution >= 0.6 is 0 Å². The van der Waals surface area contributed by atoms with E-state index in [-0.39, 0.29) is 11.1 Å². The molecule has 0 fully saturated rings. The van der Waals surface area contributed by atoms with Gasteiger partial charge < -0.3 is 9.47 Å². The van der Waals surface area contributed by atoms with Gasteiger partial charge in [-0.1, -0.05) is 117 Å². The van der Waals surface area contributed by atoms with Crippen molar-refractivity contribution in [2.75, 3.05) is 0 Å². The molecule has 6 nitrogen and oxygen atoms in total. The maximum absolute atomic E-state index is 12.7. The molecule has 0 saturated carbocycles. The highest BCUT2D eigenvalue weighted by Crippen LogP contribution is 2.18. The maximum atomic E-state index is 12.7. The first kappa shape index (κ1) is 31.5. The lowest BCUT2D eigenvalue weighted by atomic mass is 10.0. The van der Waals surface area contributed by atoms with Crippen LogP contribution in [0.1, 0.15) is 138 Å². The van der Waals surface area contributed by atoms with E-state index in [1.54, 1.807) is 26.0 Å². The van der Waals surface area contributed by atoms with Gasteiger partial charge in [0.15, 0.2) is 0 Å². The van der Waals surface area contributed by atoms with Gasteiger partial charge in [-0.15, -0.1) is 0 Å². The van der Waals surface area contributed by atoms with Crippen LogP contribution in [-0.4, -0.2) is 23.9 Å². The molecule has 202 valence electrons. The van der Waals surface area contributed by atoms with Gasteiger partial charge in [-0.05, 0) is 25.0 Å². The fraction of sp³-hybridized carbons (Fsp3) is 0.667. The second kappa shape index (κ2) is 18.7. The van der Waals surface area contributed by atoms with Gasteiger partial charge in [-0.3, -0.25) is 9.59 Å². The second-order valence-corrected chi connectivity index (χ2v) is 9.88. The Balaban J connectivity index is 2.57. The van der Waals surface area contributed by atoms with Crippen molar-refractivity contribution in [2.45, 2.75) is 118 Å². The van der Waals surface area contributed by atoms with E-state index in [2.05, 4.69) is 13.8 Å². The Morgan fingerprint density at radius 2 is 0.917 bits per heavy atom. The highest BCUT2D eigenvalue weighted by molar-refractivity contribution is 6.08. The van der Waals surface area contributed by atoms with Gasteiger partial charge >= 0.3 is 23.9 Å². The van der Waals surface area contributed by atoms with Crippen molar-refractivity contribution in [3.63, 3.8) is 0 Å². The zero-order valence-corrected chi connectivity index (χ0v) is 22.8. The number of esters is 4. The van der Waals surface area contributed by atoms with Gasteiger partial charge in [0.25, 0.3) is 0 Å². The minimum Gasteiger partial charge on any atom is -0.389 e. The summed E-state index contributed by atoms with van der Waals surface area (Å²) in [6.45, 7) is 7.82. The standard InChI is InChI=1S/C30H46O6/c1-5-7-9-11-13-15-19-23(3)27(31)35-29(33)25-21-17-18-22-26(25)30(34)36-28(32)24(4)20-16-14-12-10-8-6-2/h17-18,21-24H,5-16,19-20H2,1-4H3. The molecule has 1 aromatic carbocycles. The summed E-state index contributed by atoms with van der Waals surface area (Å²) in [5.74, 6) is -3.86. The minimum atomic E-state index is -0.907. The van der Waals surface area contributed by atoms with Gasteiger partial charge in [0.05, 0.1) is 23.0 Å². The quantitative estimate of drug-likeness (QED) is 0.115. The summed E-state index contributed by atoms with van der Waals surface area (Å²) < 4.78 is 10.1. The third-order valence-corrected chi connectivity index (χ3v) is 6.54. The summed E-state index contributed by atoms with van der Waals surface area (Å²) in [5.41, 5.74) is -0.169. The molecule has 36 heavy (non-hydrogen) atoms. The smallest absolute Gasteiger partial charge is 0.346 e. The molecule has 1 aromatic rings. The van der Waals surface area contributed by atoms with Crippen LogP contribution in [0.5, 0.6) is 0 Å². The van der Waals surface area contributed by atoms with Crippen molar-refractivity contribution in [2.24, 2.45) is 11.8 Å². The first-order valence-corrected chi connectivity index (χ1v) is 13.9. The molecule has 1 rings (SSSR count). The number of hydrogen-bond donors (Lipinski definition) is 0. The molecule has 0 aliphatic carbocycles. The molecule has 2 unspecified atom stereocenters. The highest BCUT2D eigenvalue weighted by atomic mass is 16.6.